The number of aliphatic hydroxyl groups is 3. The van der Waals surface area contributed by atoms with Crippen LogP contribution in [-0.2, 0) is 14.3 Å². The number of thioether (sulfide) groups is 2. The molecule has 0 aromatic carbocycles. The molecule has 1 aliphatic rings. The van der Waals surface area contributed by atoms with Gasteiger partial charge in [0.25, 0.3) is 0 Å². The first-order chi connectivity index (χ1) is 10.3. The van der Waals surface area contributed by atoms with E-state index in [1.807, 2.05) is 0 Å². The van der Waals surface area contributed by atoms with Gasteiger partial charge in [-0.1, -0.05) is 0 Å². The molecule has 0 bridgehead atoms. The van der Waals surface area contributed by atoms with Crippen LogP contribution in [0.15, 0.2) is 0 Å². The zero-order valence-corrected chi connectivity index (χ0v) is 14.2. The Kier molecular flexibility index (Phi) is 8.55. The van der Waals surface area contributed by atoms with Gasteiger partial charge in [0.15, 0.2) is 0 Å². The number of rotatable bonds is 7. The highest BCUT2D eigenvalue weighted by molar-refractivity contribution is 8.17. The molecule has 0 aliphatic carbocycles. The lowest BCUT2D eigenvalue weighted by atomic mass is 10.0. The van der Waals surface area contributed by atoms with Gasteiger partial charge in [0.1, 0.15) is 24.9 Å². The summed E-state index contributed by atoms with van der Waals surface area (Å²) in [5.41, 5.74) is 0. The Bertz CT molecular complexity index is 378. The van der Waals surface area contributed by atoms with Gasteiger partial charge in [0.2, 0.25) is 5.91 Å². The number of aliphatic hydroxyl groups excluding tert-OH is 3. The second-order valence-corrected chi connectivity index (χ2v) is 7.84. The molecule has 7 nitrogen and oxygen atoms in total. The van der Waals surface area contributed by atoms with Gasteiger partial charge in [-0.15, -0.1) is 23.5 Å². The Morgan fingerprint density at radius 2 is 1.77 bits per heavy atom. The van der Waals surface area contributed by atoms with Crippen molar-refractivity contribution in [1.29, 1.82) is 0 Å². The molecule has 1 aliphatic heterocycles. The molecule has 9 heteroatoms. The van der Waals surface area contributed by atoms with Gasteiger partial charge in [0, 0.05) is 13.8 Å². The second-order valence-electron chi connectivity index (χ2n) is 5.04. The molecule has 128 valence electrons. The van der Waals surface area contributed by atoms with E-state index < -0.39 is 36.9 Å². The first-order valence-corrected chi connectivity index (χ1v) is 9.10. The molecule has 1 fully saturated rings. The van der Waals surface area contributed by atoms with E-state index in [9.17, 15) is 24.9 Å². The number of esters is 1. The maximum atomic E-state index is 11.4. The van der Waals surface area contributed by atoms with Crippen LogP contribution in [0.3, 0.4) is 0 Å². The predicted molar refractivity (Wildman–Crippen MR) is 85.6 cm³/mol. The van der Waals surface area contributed by atoms with Crippen LogP contribution in [-0.4, -0.2) is 74.2 Å². The Labute approximate surface area is 138 Å². The zero-order chi connectivity index (χ0) is 16.7. The highest BCUT2D eigenvalue weighted by Crippen LogP contribution is 2.34. The van der Waals surface area contributed by atoms with E-state index in [0.29, 0.717) is 0 Å². The third-order valence-electron chi connectivity index (χ3n) is 3.09. The van der Waals surface area contributed by atoms with E-state index in [1.165, 1.54) is 13.8 Å². The lowest BCUT2D eigenvalue weighted by Crippen LogP contribution is -2.56. The minimum Gasteiger partial charge on any atom is -0.463 e. The van der Waals surface area contributed by atoms with E-state index in [2.05, 4.69) is 10.1 Å². The lowest BCUT2D eigenvalue weighted by Gasteiger charge is -2.35. The highest BCUT2D eigenvalue weighted by Gasteiger charge is 2.38. The van der Waals surface area contributed by atoms with E-state index in [1.54, 1.807) is 23.5 Å². The van der Waals surface area contributed by atoms with Gasteiger partial charge >= 0.3 is 5.97 Å². The molecule has 1 saturated heterocycles. The van der Waals surface area contributed by atoms with Crippen molar-refractivity contribution in [3.63, 3.8) is 0 Å². The molecule has 0 spiro atoms. The van der Waals surface area contributed by atoms with Gasteiger partial charge in [-0.25, -0.2) is 0 Å². The average Bonchev–Trinajstić information content (AvgIpc) is 2.49. The predicted octanol–water partition coefficient (Wildman–Crippen LogP) is -0.667. The van der Waals surface area contributed by atoms with Gasteiger partial charge in [-0.2, -0.15) is 0 Å². The van der Waals surface area contributed by atoms with Crippen molar-refractivity contribution in [2.24, 2.45) is 0 Å². The molecule has 4 N–H and O–H groups in total. The number of carbonyl (C=O) groups is 2. The minimum absolute atomic E-state index is 0.108. The molecule has 4 atom stereocenters. The van der Waals surface area contributed by atoms with Crippen molar-refractivity contribution in [1.82, 2.24) is 5.32 Å². The average molecular weight is 353 g/mol. The van der Waals surface area contributed by atoms with Gasteiger partial charge in [0.05, 0.1) is 10.6 Å². The summed E-state index contributed by atoms with van der Waals surface area (Å²) in [6.45, 7) is 2.11. The van der Waals surface area contributed by atoms with Crippen molar-refractivity contribution in [2.75, 3.05) is 18.1 Å². The number of carbonyl (C=O) groups excluding carboxylic acids is 2. The van der Waals surface area contributed by atoms with Crippen LogP contribution in [0.5, 0.6) is 0 Å². The Morgan fingerprint density at radius 3 is 2.27 bits per heavy atom. The maximum Gasteiger partial charge on any atom is 0.302 e. The number of amides is 1. The van der Waals surface area contributed by atoms with Crippen LogP contribution in [0, 0.1) is 0 Å². The third-order valence-corrected chi connectivity index (χ3v) is 6.19. The molecule has 1 heterocycles. The van der Waals surface area contributed by atoms with E-state index in [0.717, 1.165) is 17.9 Å². The number of ether oxygens (including phenoxy) is 1. The summed E-state index contributed by atoms with van der Waals surface area (Å²) in [7, 11) is 0. The second kappa shape index (κ2) is 9.61. The molecule has 1 rings (SSSR count). The Morgan fingerprint density at radius 1 is 1.18 bits per heavy atom. The van der Waals surface area contributed by atoms with E-state index in [4.69, 9.17) is 0 Å². The molecule has 22 heavy (non-hydrogen) atoms. The summed E-state index contributed by atoms with van der Waals surface area (Å²) in [5.74, 6) is 0.911. The Hall–Kier alpha value is -0.480. The maximum absolute atomic E-state index is 11.4. The molecule has 0 unspecified atom stereocenters. The van der Waals surface area contributed by atoms with E-state index >= 15 is 0 Å². The lowest BCUT2D eigenvalue weighted by molar-refractivity contribution is -0.149. The fourth-order valence-electron chi connectivity index (χ4n) is 2.00. The van der Waals surface area contributed by atoms with Crippen LogP contribution in [0.2, 0.25) is 0 Å². The van der Waals surface area contributed by atoms with Crippen LogP contribution >= 0.6 is 23.5 Å². The quantitative estimate of drug-likeness (QED) is 0.446. The van der Waals surface area contributed by atoms with Crippen LogP contribution in [0.25, 0.3) is 0 Å². The normalized spacial score (nSPS) is 21.5. The zero-order valence-electron chi connectivity index (χ0n) is 12.6. The first-order valence-electron chi connectivity index (χ1n) is 7.00. The largest absolute Gasteiger partial charge is 0.463 e. The topological polar surface area (TPSA) is 116 Å². The van der Waals surface area contributed by atoms with Crippen LogP contribution in [0.4, 0.5) is 0 Å². The summed E-state index contributed by atoms with van der Waals surface area (Å²) in [4.78, 5) is 22.1. The van der Waals surface area contributed by atoms with E-state index in [-0.39, 0.29) is 10.5 Å². The number of hydrogen-bond acceptors (Lipinski definition) is 8. The Balaban J connectivity index is 2.69. The fraction of sp³-hybridized carbons (Fsp3) is 0.846. The third kappa shape index (κ3) is 6.33. The van der Waals surface area contributed by atoms with Crippen molar-refractivity contribution in [2.45, 2.75) is 49.2 Å². The standard InChI is InChI=1S/C13H23NO6S2/c1-7(15)14-10(13-21-4-3-5-22-13)12(19)11(18)9(17)6-20-8(2)16/h9-13,17-19H,3-6H2,1-2H3,(H,14,15)/t9-,10-,11-,12-/m1/s1. The van der Waals surface area contributed by atoms with Gasteiger partial charge in [-0.05, 0) is 17.9 Å². The molecule has 1 amide bonds. The van der Waals surface area contributed by atoms with Gasteiger partial charge in [-0.3, -0.25) is 9.59 Å². The highest BCUT2D eigenvalue weighted by atomic mass is 32.2. The monoisotopic (exact) mass is 353 g/mol. The molecule has 0 aromatic heterocycles. The first kappa shape index (κ1) is 19.6. The van der Waals surface area contributed by atoms with Gasteiger partial charge < -0.3 is 25.4 Å². The molecule has 0 saturated carbocycles. The summed E-state index contributed by atoms with van der Waals surface area (Å²) in [5, 5.41) is 32.8. The molecular weight excluding hydrogens is 330 g/mol. The molecule has 0 aromatic rings. The fourth-order valence-corrected chi connectivity index (χ4v) is 5.11. The van der Waals surface area contributed by atoms with Crippen molar-refractivity contribution in [3.05, 3.63) is 0 Å². The number of nitrogens with one attached hydrogen (secondary N) is 1. The SMILES string of the molecule is CC(=O)N[C@@H](C1SCCCS1)[C@@H](O)[C@H](O)[C@H](O)COC(C)=O. The smallest absolute Gasteiger partial charge is 0.302 e. The molecular formula is C13H23NO6S2. The molecule has 0 radical (unpaired) electrons. The van der Waals surface area contributed by atoms with Crippen molar-refractivity contribution >= 4 is 35.4 Å². The van der Waals surface area contributed by atoms with Crippen LogP contribution in [0.1, 0.15) is 20.3 Å². The van der Waals surface area contributed by atoms with Crippen LogP contribution < -0.4 is 5.32 Å². The summed E-state index contributed by atoms with van der Waals surface area (Å²) in [6, 6.07) is -0.699. The van der Waals surface area contributed by atoms with Crippen molar-refractivity contribution < 1.29 is 29.6 Å². The van der Waals surface area contributed by atoms with Crippen molar-refractivity contribution in [3.8, 4) is 0 Å². The number of hydrogen-bond donors (Lipinski definition) is 4. The summed E-state index contributed by atoms with van der Waals surface area (Å²) >= 11 is 3.20. The minimum atomic E-state index is -1.53. The summed E-state index contributed by atoms with van der Waals surface area (Å²) < 4.78 is 4.52. The summed E-state index contributed by atoms with van der Waals surface area (Å²) in [6.07, 6.45) is -3.27.